The summed E-state index contributed by atoms with van der Waals surface area (Å²) in [6.07, 6.45) is 0.718. The summed E-state index contributed by atoms with van der Waals surface area (Å²) in [5.41, 5.74) is 2.54. The Balaban J connectivity index is 1.52. The van der Waals surface area contributed by atoms with E-state index in [4.69, 9.17) is 4.74 Å². The summed E-state index contributed by atoms with van der Waals surface area (Å²) in [6.45, 7) is 9.39. The van der Waals surface area contributed by atoms with Gasteiger partial charge < -0.3 is 14.7 Å². The molecule has 3 aromatic carbocycles. The molecule has 196 valence electrons. The number of benzene rings is 3. The van der Waals surface area contributed by atoms with Gasteiger partial charge >= 0.3 is 0 Å². The molecule has 0 aliphatic carbocycles. The molecule has 0 amide bonds. The predicted molar refractivity (Wildman–Crippen MR) is 149 cm³/mol. The largest absolute Gasteiger partial charge is 0.487 e. The first kappa shape index (κ1) is 26.7. The van der Waals surface area contributed by atoms with Crippen molar-refractivity contribution in [2.75, 3.05) is 55.1 Å². The fourth-order valence-corrected chi connectivity index (χ4v) is 5.98. The van der Waals surface area contributed by atoms with Crippen LogP contribution in [0.1, 0.15) is 5.56 Å². The van der Waals surface area contributed by atoms with Crippen LogP contribution in [-0.2, 0) is 10.0 Å². The maximum atomic E-state index is 13.8. The van der Waals surface area contributed by atoms with E-state index < -0.39 is 16.1 Å². The predicted octanol–water partition coefficient (Wildman–Crippen LogP) is 3.94. The lowest BCUT2D eigenvalue weighted by Crippen LogP contribution is -2.50. The molecule has 0 saturated carbocycles. The highest BCUT2D eigenvalue weighted by Crippen LogP contribution is 2.33. The molecule has 4 rings (SSSR count). The summed E-state index contributed by atoms with van der Waals surface area (Å²) in [4.78, 5) is 4.67. The van der Waals surface area contributed by atoms with Crippen LogP contribution < -0.4 is 13.9 Å². The van der Waals surface area contributed by atoms with Gasteiger partial charge in [0.1, 0.15) is 12.4 Å². The topological polar surface area (TPSA) is 73.3 Å². The maximum Gasteiger partial charge on any atom is 0.264 e. The Hall–Kier alpha value is -3.33. The molecule has 1 atom stereocenters. The van der Waals surface area contributed by atoms with Crippen molar-refractivity contribution >= 4 is 21.4 Å². The van der Waals surface area contributed by atoms with Crippen molar-refractivity contribution in [3.8, 4) is 5.75 Å². The van der Waals surface area contributed by atoms with E-state index in [1.807, 2.05) is 25.1 Å². The number of piperazine rings is 1. The number of ether oxygens (including phenoxy) is 1. The van der Waals surface area contributed by atoms with Crippen LogP contribution in [0.25, 0.3) is 0 Å². The second-order valence-electron chi connectivity index (χ2n) is 9.19. The summed E-state index contributed by atoms with van der Waals surface area (Å²) < 4.78 is 34.7. The highest BCUT2D eigenvalue weighted by Gasteiger charge is 2.30. The minimum absolute atomic E-state index is 0.0937. The van der Waals surface area contributed by atoms with Crippen molar-refractivity contribution in [1.82, 2.24) is 4.90 Å². The Morgan fingerprint density at radius 2 is 1.62 bits per heavy atom. The zero-order valence-electron chi connectivity index (χ0n) is 21.2. The Morgan fingerprint density at radius 1 is 0.973 bits per heavy atom. The first-order valence-electron chi connectivity index (χ1n) is 12.5. The van der Waals surface area contributed by atoms with Crippen molar-refractivity contribution in [1.29, 1.82) is 0 Å². The van der Waals surface area contributed by atoms with Gasteiger partial charge in [-0.05, 0) is 43.3 Å². The average Bonchev–Trinajstić information content (AvgIpc) is 2.92. The number of rotatable bonds is 11. The van der Waals surface area contributed by atoms with Crippen molar-refractivity contribution in [2.24, 2.45) is 0 Å². The van der Waals surface area contributed by atoms with E-state index in [9.17, 15) is 13.5 Å². The van der Waals surface area contributed by atoms with Crippen LogP contribution >= 0.6 is 0 Å². The number of hydrogen-bond acceptors (Lipinski definition) is 6. The molecule has 3 aromatic rings. The summed E-state index contributed by atoms with van der Waals surface area (Å²) in [6, 6.07) is 24.0. The van der Waals surface area contributed by atoms with E-state index in [0.29, 0.717) is 18.0 Å². The number of para-hydroxylation sites is 3. The summed E-state index contributed by atoms with van der Waals surface area (Å²) >= 11 is 0. The quantitative estimate of drug-likeness (QED) is 0.386. The van der Waals surface area contributed by atoms with E-state index in [0.717, 1.165) is 31.7 Å². The molecule has 1 aliphatic rings. The van der Waals surface area contributed by atoms with E-state index in [2.05, 4.69) is 28.5 Å². The van der Waals surface area contributed by atoms with Gasteiger partial charge in [-0.15, -0.1) is 0 Å². The number of aliphatic hydroxyl groups is 1. The van der Waals surface area contributed by atoms with Gasteiger partial charge in [0.25, 0.3) is 10.0 Å². The number of nitrogens with zero attached hydrogens (tertiary/aromatic N) is 3. The molecule has 37 heavy (non-hydrogen) atoms. The third kappa shape index (κ3) is 6.71. The molecule has 0 bridgehead atoms. The number of aliphatic hydroxyl groups excluding tert-OH is 1. The average molecular weight is 522 g/mol. The van der Waals surface area contributed by atoms with Crippen LogP contribution in [0.4, 0.5) is 11.4 Å². The number of β-amino-alcohol motifs (C(OH)–C–C–N with tert-alkyl or cyclic N) is 1. The van der Waals surface area contributed by atoms with Crippen LogP contribution in [0.15, 0.2) is 96.4 Å². The van der Waals surface area contributed by atoms with E-state index in [1.165, 1.54) is 9.99 Å². The van der Waals surface area contributed by atoms with Gasteiger partial charge in [-0.2, -0.15) is 0 Å². The van der Waals surface area contributed by atoms with Crippen molar-refractivity contribution < 1.29 is 18.3 Å². The zero-order chi connectivity index (χ0) is 26.3. The van der Waals surface area contributed by atoms with Crippen molar-refractivity contribution in [3.05, 3.63) is 97.1 Å². The lowest BCUT2D eigenvalue weighted by Gasteiger charge is -2.37. The monoisotopic (exact) mass is 521 g/mol. The fraction of sp³-hybridized carbons (Fsp3) is 0.310. The minimum atomic E-state index is -3.96. The van der Waals surface area contributed by atoms with Crippen molar-refractivity contribution in [3.63, 3.8) is 0 Å². The molecule has 0 aromatic heterocycles. The van der Waals surface area contributed by atoms with Crippen LogP contribution in [0.5, 0.6) is 5.75 Å². The van der Waals surface area contributed by atoms with Gasteiger partial charge in [-0.1, -0.05) is 60.7 Å². The fourth-order valence-electron chi connectivity index (χ4n) is 4.47. The number of hydrogen-bond donors (Lipinski definition) is 1. The van der Waals surface area contributed by atoms with Gasteiger partial charge in [-0.25, -0.2) is 8.42 Å². The third-order valence-corrected chi connectivity index (χ3v) is 8.23. The van der Waals surface area contributed by atoms with Crippen molar-refractivity contribution in [2.45, 2.75) is 17.9 Å². The minimum Gasteiger partial charge on any atom is -0.487 e. The van der Waals surface area contributed by atoms with Gasteiger partial charge in [0, 0.05) is 38.4 Å². The van der Waals surface area contributed by atoms with Gasteiger partial charge in [0.15, 0.2) is 0 Å². The summed E-state index contributed by atoms with van der Waals surface area (Å²) in [5, 5.41) is 11.1. The molecule has 1 N–H and O–H groups in total. The number of aryl methyl sites for hydroxylation is 1. The Kier molecular flexibility index (Phi) is 8.87. The first-order valence-corrected chi connectivity index (χ1v) is 13.9. The van der Waals surface area contributed by atoms with E-state index >= 15 is 0 Å². The molecule has 1 unspecified atom stereocenters. The van der Waals surface area contributed by atoms with Crippen LogP contribution in [0.2, 0.25) is 0 Å². The Morgan fingerprint density at radius 3 is 2.30 bits per heavy atom. The van der Waals surface area contributed by atoms with E-state index in [-0.39, 0.29) is 18.0 Å². The van der Waals surface area contributed by atoms with E-state index in [1.54, 1.807) is 54.6 Å². The normalized spacial score (nSPS) is 15.2. The highest BCUT2D eigenvalue weighted by atomic mass is 32.2. The zero-order valence-corrected chi connectivity index (χ0v) is 22.1. The second-order valence-corrected chi connectivity index (χ2v) is 11.1. The molecule has 0 radical (unpaired) electrons. The lowest BCUT2D eigenvalue weighted by molar-refractivity contribution is 0.115. The SMILES string of the molecule is C=CCOc1ccccc1N(CC(O)CN1CCN(c2ccccc2)CC1)S(=O)(=O)c1ccc(C)cc1. The number of sulfonamides is 1. The number of anilines is 2. The molecule has 1 aliphatic heterocycles. The third-order valence-electron chi connectivity index (χ3n) is 6.44. The van der Waals surface area contributed by atoms with Gasteiger partial charge in [0.05, 0.1) is 23.2 Å². The molecule has 1 saturated heterocycles. The standard InChI is InChI=1S/C29H35N3O4S/c1-3-21-36-29-12-8-7-11-28(29)32(37(34,35)27-15-13-24(2)14-16-27)23-26(33)22-30-17-19-31(20-18-30)25-9-5-4-6-10-25/h3-16,26,33H,1,17-23H2,2H3. The molecule has 0 spiro atoms. The summed E-state index contributed by atoms with van der Waals surface area (Å²) in [5.74, 6) is 0.418. The van der Waals surface area contributed by atoms with Crippen LogP contribution in [0, 0.1) is 6.92 Å². The van der Waals surface area contributed by atoms with Crippen LogP contribution in [0.3, 0.4) is 0 Å². The highest BCUT2D eigenvalue weighted by molar-refractivity contribution is 7.92. The Labute approximate surface area is 220 Å². The molecule has 1 heterocycles. The summed E-state index contributed by atoms with van der Waals surface area (Å²) in [7, 11) is -3.96. The molecular weight excluding hydrogens is 486 g/mol. The lowest BCUT2D eigenvalue weighted by atomic mass is 10.2. The molecular formula is C29H35N3O4S. The van der Waals surface area contributed by atoms with Gasteiger partial charge in [-0.3, -0.25) is 9.21 Å². The van der Waals surface area contributed by atoms with Crippen LogP contribution in [-0.4, -0.2) is 70.4 Å². The first-order chi connectivity index (χ1) is 17.9. The molecule has 8 heteroatoms. The van der Waals surface area contributed by atoms with Gasteiger partial charge in [0.2, 0.25) is 0 Å². The smallest absolute Gasteiger partial charge is 0.264 e. The Bertz CT molecular complexity index is 1260. The maximum absolute atomic E-state index is 13.8. The second kappa shape index (κ2) is 12.3. The molecule has 7 nitrogen and oxygen atoms in total. The molecule has 1 fully saturated rings.